The van der Waals surface area contributed by atoms with Crippen LogP contribution in [0, 0.1) is 0 Å². The maximum Gasteiger partial charge on any atom is 0.132 e. The van der Waals surface area contributed by atoms with Gasteiger partial charge in [0.15, 0.2) is 0 Å². The first-order valence-electron chi connectivity index (χ1n) is 6.54. The molecule has 0 spiro atoms. The molecule has 0 rings (SSSR count). The molecule has 0 atom stereocenters. The van der Waals surface area contributed by atoms with Crippen LogP contribution < -0.4 is 0 Å². The smallest absolute Gasteiger partial charge is 0.132 e. The molecular weight excluding hydrogens is 236 g/mol. The molecule has 0 aliphatic carbocycles. The standard InChI is InChI=1S/C13H26OS2/c14-13(9-5-1-3-7-11-15)10-6-2-4-8-12-16/h15-16H,1-12H2. The summed E-state index contributed by atoms with van der Waals surface area (Å²) in [5.41, 5.74) is 0. The first-order chi connectivity index (χ1) is 7.81. The molecule has 0 amide bonds. The summed E-state index contributed by atoms with van der Waals surface area (Å²) in [7, 11) is 0. The van der Waals surface area contributed by atoms with Crippen molar-refractivity contribution in [2.75, 3.05) is 11.5 Å². The average Bonchev–Trinajstić information content (AvgIpc) is 2.28. The van der Waals surface area contributed by atoms with Gasteiger partial charge in [0.1, 0.15) is 5.78 Å². The molecular formula is C13H26OS2. The number of carbonyl (C=O) groups is 1. The third-order valence-electron chi connectivity index (χ3n) is 2.73. The van der Waals surface area contributed by atoms with Crippen molar-refractivity contribution in [1.29, 1.82) is 0 Å². The van der Waals surface area contributed by atoms with Gasteiger partial charge in [0.25, 0.3) is 0 Å². The van der Waals surface area contributed by atoms with E-state index in [1.54, 1.807) is 0 Å². The Morgan fingerprint density at radius 3 is 1.38 bits per heavy atom. The van der Waals surface area contributed by atoms with Crippen LogP contribution in [-0.2, 0) is 4.79 Å². The number of Topliss-reactive ketones (excluding diaryl/α,β-unsaturated/α-hetero) is 1. The lowest BCUT2D eigenvalue weighted by atomic mass is 10.0. The highest BCUT2D eigenvalue weighted by molar-refractivity contribution is 7.80. The van der Waals surface area contributed by atoms with E-state index < -0.39 is 0 Å². The highest BCUT2D eigenvalue weighted by Gasteiger charge is 2.01. The van der Waals surface area contributed by atoms with E-state index in [1.165, 1.54) is 38.5 Å². The second kappa shape index (κ2) is 13.4. The van der Waals surface area contributed by atoms with E-state index in [9.17, 15) is 4.79 Å². The van der Waals surface area contributed by atoms with Crippen LogP contribution >= 0.6 is 25.3 Å². The number of rotatable bonds is 12. The quantitative estimate of drug-likeness (QED) is 0.396. The van der Waals surface area contributed by atoms with Crippen LogP contribution in [0.5, 0.6) is 0 Å². The average molecular weight is 262 g/mol. The molecule has 1 nitrogen and oxygen atoms in total. The van der Waals surface area contributed by atoms with Crippen molar-refractivity contribution in [3.8, 4) is 0 Å². The lowest BCUT2D eigenvalue weighted by Crippen LogP contribution is -1.97. The molecule has 0 aromatic carbocycles. The molecule has 0 radical (unpaired) electrons. The first kappa shape index (κ1) is 16.4. The van der Waals surface area contributed by atoms with Gasteiger partial charge in [0.05, 0.1) is 0 Å². The Morgan fingerprint density at radius 1 is 0.625 bits per heavy atom. The van der Waals surface area contributed by atoms with E-state index in [-0.39, 0.29) is 0 Å². The fraction of sp³-hybridized carbons (Fsp3) is 0.923. The monoisotopic (exact) mass is 262 g/mol. The molecule has 0 bridgehead atoms. The molecule has 0 aromatic rings. The first-order valence-corrected chi connectivity index (χ1v) is 7.81. The lowest BCUT2D eigenvalue weighted by molar-refractivity contribution is -0.119. The van der Waals surface area contributed by atoms with Gasteiger partial charge in [-0.2, -0.15) is 25.3 Å². The number of hydrogen-bond acceptors (Lipinski definition) is 3. The number of unbranched alkanes of at least 4 members (excludes halogenated alkanes) is 6. The Bertz CT molecular complexity index is 144. The summed E-state index contributed by atoms with van der Waals surface area (Å²) in [6.07, 6.45) is 10.9. The highest BCUT2D eigenvalue weighted by atomic mass is 32.1. The highest BCUT2D eigenvalue weighted by Crippen LogP contribution is 2.09. The second-order valence-corrected chi connectivity index (χ2v) is 5.21. The summed E-state index contributed by atoms with van der Waals surface area (Å²) >= 11 is 8.33. The Balaban J connectivity index is 3.12. The zero-order valence-electron chi connectivity index (χ0n) is 10.3. The van der Waals surface area contributed by atoms with E-state index in [4.69, 9.17) is 0 Å². The van der Waals surface area contributed by atoms with E-state index >= 15 is 0 Å². The molecule has 0 aliphatic heterocycles. The minimum atomic E-state index is 0.455. The molecule has 0 N–H and O–H groups in total. The fourth-order valence-corrected chi connectivity index (χ4v) is 2.15. The van der Waals surface area contributed by atoms with Crippen LogP contribution in [0.1, 0.15) is 64.2 Å². The summed E-state index contributed by atoms with van der Waals surface area (Å²) < 4.78 is 0. The van der Waals surface area contributed by atoms with E-state index in [1.807, 2.05) is 0 Å². The maximum atomic E-state index is 11.5. The van der Waals surface area contributed by atoms with Crippen LogP contribution in [0.3, 0.4) is 0 Å². The summed E-state index contributed by atoms with van der Waals surface area (Å²) in [5.74, 6) is 2.40. The van der Waals surface area contributed by atoms with Gasteiger partial charge >= 0.3 is 0 Å². The van der Waals surface area contributed by atoms with E-state index in [0.717, 1.165) is 37.2 Å². The number of carbonyl (C=O) groups excluding carboxylic acids is 1. The maximum absolute atomic E-state index is 11.5. The molecule has 0 saturated heterocycles. The number of thiol groups is 2. The number of hydrogen-bond donors (Lipinski definition) is 2. The summed E-state index contributed by atoms with van der Waals surface area (Å²) in [4.78, 5) is 11.5. The Morgan fingerprint density at radius 2 is 1.00 bits per heavy atom. The van der Waals surface area contributed by atoms with Crippen LogP contribution in [0.25, 0.3) is 0 Å². The Labute approximate surface area is 112 Å². The van der Waals surface area contributed by atoms with E-state index in [0.29, 0.717) is 5.78 Å². The zero-order chi connectivity index (χ0) is 12.1. The van der Waals surface area contributed by atoms with Crippen molar-refractivity contribution >= 4 is 31.0 Å². The molecule has 0 fully saturated rings. The molecule has 0 aliphatic rings. The van der Waals surface area contributed by atoms with Crippen molar-refractivity contribution in [3.05, 3.63) is 0 Å². The van der Waals surface area contributed by atoms with Gasteiger partial charge in [-0.15, -0.1) is 0 Å². The molecule has 16 heavy (non-hydrogen) atoms. The summed E-state index contributed by atoms with van der Waals surface area (Å²) in [5, 5.41) is 0. The van der Waals surface area contributed by atoms with Crippen LogP contribution in [0.15, 0.2) is 0 Å². The normalized spacial score (nSPS) is 10.6. The predicted octanol–water partition coefficient (Wildman–Crippen LogP) is 4.32. The van der Waals surface area contributed by atoms with Gasteiger partial charge in [-0.3, -0.25) is 4.79 Å². The fourth-order valence-electron chi connectivity index (χ4n) is 1.70. The molecule has 0 unspecified atom stereocenters. The van der Waals surface area contributed by atoms with Crippen molar-refractivity contribution < 1.29 is 4.79 Å². The SMILES string of the molecule is O=C(CCCCCCS)CCCCCCS. The third-order valence-corrected chi connectivity index (χ3v) is 3.36. The molecule has 0 saturated carbocycles. The van der Waals surface area contributed by atoms with Crippen molar-refractivity contribution in [2.45, 2.75) is 64.2 Å². The predicted molar refractivity (Wildman–Crippen MR) is 78.9 cm³/mol. The Kier molecular flexibility index (Phi) is 13.7. The van der Waals surface area contributed by atoms with Crippen molar-refractivity contribution in [3.63, 3.8) is 0 Å². The van der Waals surface area contributed by atoms with Gasteiger partial charge in [0, 0.05) is 12.8 Å². The van der Waals surface area contributed by atoms with Gasteiger partial charge in [-0.1, -0.05) is 25.7 Å². The summed E-state index contributed by atoms with van der Waals surface area (Å²) in [6, 6.07) is 0. The van der Waals surface area contributed by atoms with Gasteiger partial charge in [0.2, 0.25) is 0 Å². The molecule has 96 valence electrons. The minimum absolute atomic E-state index is 0.455. The second-order valence-electron chi connectivity index (χ2n) is 4.31. The van der Waals surface area contributed by atoms with Gasteiger partial charge in [-0.05, 0) is 37.2 Å². The van der Waals surface area contributed by atoms with Crippen LogP contribution in [0.2, 0.25) is 0 Å². The molecule has 3 heteroatoms. The Hall–Kier alpha value is 0.370. The zero-order valence-corrected chi connectivity index (χ0v) is 12.1. The lowest BCUT2D eigenvalue weighted by Gasteiger charge is -2.01. The summed E-state index contributed by atoms with van der Waals surface area (Å²) in [6.45, 7) is 0. The largest absolute Gasteiger partial charge is 0.300 e. The minimum Gasteiger partial charge on any atom is -0.300 e. The third kappa shape index (κ3) is 12.4. The van der Waals surface area contributed by atoms with Crippen molar-refractivity contribution in [2.24, 2.45) is 0 Å². The van der Waals surface area contributed by atoms with Crippen LogP contribution in [-0.4, -0.2) is 17.3 Å². The molecule has 0 aromatic heterocycles. The van der Waals surface area contributed by atoms with Crippen molar-refractivity contribution in [1.82, 2.24) is 0 Å². The molecule has 0 heterocycles. The van der Waals surface area contributed by atoms with Gasteiger partial charge < -0.3 is 0 Å². The topological polar surface area (TPSA) is 17.1 Å². The number of ketones is 1. The van der Waals surface area contributed by atoms with Gasteiger partial charge in [-0.25, -0.2) is 0 Å². The van der Waals surface area contributed by atoms with E-state index in [2.05, 4.69) is 25.3 Å². The van der Waals surface area contributed by atoms with Crippen LogP contribution in [0.4, 0.5) is 0 Å².